The first-order chi connectivity index (χ1) is 9.67. The van der Waals surface area contributed by atoms with Crippen LogP contribution in [0.1, 0.15) is 37.7 Å². The standard InChI is InChI=1S/C17H20N2O/c1-19(16-4-2-3-13(9-16)11-18)17(20)10-15-8-12-5-6-14(15)7-12/h2-4,9,12,14-15H,5-8,10H2,1H3. The van der Waals surface area contributed by atoms with Gasteiger partial charge in [0.15, 0.2) is 0 Å². The molecule has 3 rings (SSSR count). The number of anilines is 1. The molecule has 2 saturated carbocycles. The Morgan fingerprint density at radius 1 is 1.40 bits per heavy atom. The summed E-state index contributed by atoms with van der Waals surface area (Å²) in [4.78, 5) is 14.1. The molecule has 2 aliphatic rings. The van der Waals surface area contributed by atoms with Gasteiger partial charge >= 0.3 is 0 Å². The lowest BCUT2D eigenvalue weighted by atomic mass is 9.86. The summed E-state index contributed by atoms with van der Waals surface area (Å²) in [5, 5.41) is 8.93. The Kier molecular flexibility index (Phi) is 3.48. The van der Waals surface area contributed by atoms with Gasteiger partial charge in [0.2, 0.25) is 5.91 Å². The van der Waals surface area contributed by atoms with E-state index >= 15 is 0 Å². The largest absolute Gasteiger partial charge is 0.315 e. The average Bonchev–Trinajstić information content (AvgIpc) is 3.09. The van der Waals surface area contributed by atoms with Crippen molar-refractivity contribution in [1.29, 1.82) is 5.26 Å². The summed E-state index contributed by atoms with van der Waals surface area (Å²) in [5.41, 5.74) is 1.42. The molecule has 104 valence electrons. The zero-order valence-electron chi connectivity index (χ0n) is 11.9. The zero-order chi connectivity index (χ0) is 14.1. The summed E-state index contributed by atoms with van der Waals surface area (Å²) in [6.45, 7) is 0. The van der Waals surface area contributed by atoms with Gasteiger partial charge < -0.3 is 4.90 Å². The van der Waals surface area contributed by atoms with Crippen LogP contribution in [0.25, 0.3) is 0 Å². The molecule has 0 N–H and O–H groups in total. The Balaban J connectivity index is 1.66. The number of hydrogen-bond donors (Lipinski definition) is 0. The molecule has 1 aromatic carbocycles. The predicted molar refractivity (Wildman–Crippen MR) is 78.1 cm³/mol. The number of nitriles is 1. The third-order valence-electron chi connectivity index (χ3n) is 5.06. The highest BCUT2D eigenvalue weighted by atomic mass is 16.2. The van der Waals surface area contributed by atoms with Gasteiger partial charge in [-0.2, -0.15) is 5.26 Å². The molecular weight excluding hydrogens is 248 g/mol. The first-order valence-electron chi connectivity index (χ1n) is 7.44. The van der Waals surface area contributed by atoms with E-state index in [4.69, 9.17) is 5.26 Å². The van der Waals surface area contributed by atoms with Crippen LogP contribution in [-0.2, 0) is 4.79 Å². The molecule has 2 fully saturated rings. The van der Waals surface area contributed by atoms with Crippen LogP contribution in [0.4, 0.5) is 5.69 Å². The zero-order valence-corrected chi connectivity index (χ0v) is 11.9. The maximum Gasteiger partial charge on any atom is 0.227 e. The smallest absolute Gasteiger partial charge is 0.227 e. The van der Waals surface area contributed by atoms with Crippen molar-refractivity contribution in [2.24, 2.45) is 17.8 Å². The lowest BCUT2D eigenvalue weighted by molar-refractivity contribution is -0.119. The monoisotopic (exact) mass is 268 g/mol. The number of hydrogen-bond acceptors (Lipinski definition) is 2. The average molecular weight is 268 g/mol. The molecule has 0 saturated heterocycles. The third kappa shape index (κ3) is 2.43. The van der Waals surface area contributed by atoms with Crippen molar-refractivity contribution < 1.29 is 4.79 Å². The van der Waals surface area contributed by atoms with Gasteiger partial charge in [-0.05, 0) is 55.2 Å². The van der Waals surface area contributed by atoms with E-state index in [9.17, 15) is 4.79 Å². The quantitative estimate of drug-likeness (QED) is 0.843. The minimum atomic E-state index is 0.178. The van der Waals surface area contributed by atoms with E-state index in [0.29, 0.717) is 17.9 Å². The molecule has 3 heteroatoms. The maximum absolute atomic E-state index is 12.4. The van der Waals surface area contributed by atoms with E-state index in [1.165, 1.54) is 25.7 Å². The van der Waals surface area contributed by atoms with Crippen molar-refractivity contribution in [3.8, 4) is 6.07 Å². The minimum absolute atomic E-state index is 0.178. The van der Waals surface area contributed by atoms with Crippen LogP contribution >= 0.6 is 0 Å². The Labute approximate surface area is 120 Å². The van der Waals surface area contributed by atoms with E-state index in [2.05, 4.69) is 6.07 Å². The molecule has 3 atom stereocenters. The lowest BCUT2D eigenvalue weighted by Gasteiger charge is -2.24. The minimum Gasteiger partial charge on any atom is -0.315 e. The molecular formula is C17H20N2O. The van der Waals surface area contributed by atoms with Crippen molar-refractivity contribution in [1.82, 2.24) is 0 Å². The molecule has 0 aromatic heterocycles. The number of amides is 1. The van der Waals surface area contributed by atoms with Gasteiger partial charge in [-0.3, -0.25) is 4.79 Å². The second-order valence-corrected chi connectivity index (χ2v) is 6.25. The normalized spacial score (nSPS) is 27.3. The summed E-state index contributed by atoms with van der Waals surface area (Å²) in [5.74, 6) is 2.42. The second-order valence-electron chi connectivity index (χ2n) is 6.25. The second kappa shape index (κ2) is 5.28. The number of nitrogens with zero attached hydrogens (tertiary/aromatic N) is 2. The van der Waals surface area contributed by atoms with Crippen LogP contribution in [0.15, 0.2) is 24.3 Å². The number of benzene rings is 1. The van der Waals surface area contributed by atoms with Gasteiger partial charge in [-0.15, -0.1) is 0 Å². The Bertz CT molecular complexity index is 560. The molecule has 3 unspecified atom stereocenters. The van der Waals surface area contributed by atoms with Crippen molar-refractivity contribution in [3.05, 3.63) is 29.8 Å². The van der Waals surface area contributed by atoms with Crippen LogP contribution in [0.3, 0.4) is 0 Å². The van der Waals surface area contributed by atoms with E-state index in [1.54, 1.807) is 17.0 Å². The molecule has 0 radical (unpaired) electrons. The Hall–Kier alpha value is -1.82. The molecule has 0 aliphatic heterocycles. The first-order valence-corrected chi connectivity index (χ1v) is 7.44. The van der Waals surface area contributed by atoms with Gasteiger partial charge in [0.05, 0.1) is 11.6 Å². The van der Waals surface area contributed by atoms with Crippen LogP contribution in [-0.4, -0.2) is 13.0 Å². The van der Waals surface area contributed by atoms with E-state index < -0.39 is 0 Å². The van der Waals surface area contributed by atoms with Crippen molar-refractivity contribution in [3.63, 3.8) is 0 Å². The first kappa shape index (κ1) is 13.2. The van der Waals surface area contributed by atoms with Crippen molar-refractivity contribution >= 4 is 11.6 Å². The summed E-state index contributed by atoms with van der Waals surface area (Å²) < 4.78 is 0. The molecule has 1 aromatic rings. The Morgan fingerprint density at radius 3 is 2.90 bits per heavy atom. The summed E-state index contributed by atoms with van der Waals surface area (Å²) in [6.07, 6.45) is 5.92. The van der Waals surface area contributed by atoms with Crippen LogP contribution in [0.5, 0.6) is 0 Å². The molecule has 1 amide bonds. The summed E-state index contributed by atoms with van der Waals surface area (Å²) >= 11 is 0. The van der Waals surface area contributed by atoms with Gasteiger partial charge in [0.1, 0.15) is 0 Å². The lowest BCUT2D eigenvalue weighted by Crippen LogP contribution is -2.29. The van der Waals surface area contributed by atoms with Gasteiger partial charge in [0.25, 0.3) is 0 Å². The topological polar surface area (TPSA) is 44.1 Å². The SMILES string of the molecule is CN(C(=O)CC1CC2CCC1C2)c1cccc(C#N)c1. The molecule has 3 nitrogen and oxygen atoms in total. The van der Waals surface area contributed by atoms with Crippen LogP contribution in [0, 0.1) is 29.1 Å². The molecule has 0 spiro atoms. The third-order valence-corrected chi connectivity index (χ3v) is 5.06. The molecule has 0 heterocycles. The fourth-order valence-corrected chi connectivity index (χ4v) is 3.92. The van der Waals surface area contributed by atoms with E-state index in [-0.39, 0.29) is 5.91 Å². The molecule has 2 bridgehead atoms. The summed E-state index contributed by atoms with van der Waals surface area (Å²) in [7, 11) is 1.81. The highest BCUT2D eigenvalue weighted by molar-refractivity contribution is 5.93. The number of carbonyl (C=O) groups is 1. The number of rotatable bonds is 3. The Morgan fingerprint density at radius 2 is 2.25 bits per heavy atom. The van der Waals surface area contributed by atoms with Crippen molar-refractivity contribution in [2.75, 3.05) is 11.9 Å². The predicted octanol–water partition coefficient (Wildman–Crippen LogP) is 3.35. The molecule has 20 heavy (non-hydrogen) atoms. The van der Waals surface area contributed by atoms with Gasteiger partial charge in [-0.1, -0.05) is 12.5 Å². The van der Waals surface area contributed by atoms with Crippen LogP contribution < -0.4 is 4.90 Å². The van der Waals surface area contributed by atoms with Crippen LogP contribution in [0.2, 0.25) is 0 Å². The summed E-state index contributed by atoms with van der Waals surface area (Å²) in [6, 6.07) is 9.37. The molecule has 2 aliphatic carbocycles. The van der Waals surface area contributed by atoms with E-state index in [1.807, 2.05) is 19.2 Å². The number of fused-ring (bicyclic) bond motifs is 2. The van der Waals surface area contributed by atoms with E-state index in [0.717, 1.165) is 17.5 Å². The highest BCUT2D eigenvalue weighted by Crippen LogP contribution is 2.49. The fourth-order valence-electron chi connectivity index (χ4n) is 3.92. The number of carbonyl (C=O) groups excluding carboxylic acids is 1. The van der Waals surface area contributed by atoms with Crippen molar-refractivity contribution in [2.45, 2.75) is 32.1 Å². The maximum atomic E-state index is 12.4. The highest BCUT2D eigenvalue weighted by Gasteiger charge is 2.40. The fraction of sp³-hybridized carbons (Fsp3) is 0.529. The van der Waals surface area contributed by atoms with Gasteiger partial charge in [-0.25, -0.2) is 0 Å². The van der Waals surface area contributed by atoms with Gasteiger partial charge in [0, 0.05) is 19.2 Å².